The number of nitrogen functional groups attached to an aromatic ring is 1. The molecule has 1 heterocycles. The van der Waals surface area contributed by atoms with Crippen LogP contribution in [0.3, 0.4) is 0 Å². The summed E-state index contributed by atoms with van der Waals surface area (Å²) in [6.07, 6.45) is 0. The van der Waals surface area contributed by atoms with Crippen LogP contribution in [-0.2, 0) is 16.6 Å². The summed E-state index contributed by atoms with van der Waals surface area (Å²) in [6, 6.07) is 7.36. The van der Waals surface area contributed by atoms with Gasteiger partial charge in [-0.15, -0.1) is 11.3 Å². The first-order valence-electron chi connectivity index (χ1n) is 6.22. The summed E-state index contributed by atoms with van der Waals surface area (Å²) in [5.41, 5.74) is 7.72. The van der Waals surface area contributed by atoms with Gasteiger partial charge in [-0.3, -0.25) is 0 Å². The third kappa shape index (κ3) is 3.03. The van der Waals surface area contributed by atoms with E-state index in [4.69, 9.17) is 5.73 Å². The van der Waals surface area contributed by atoms with Crippen LogP contribution >= 0.6 is 11.3 Å². The average molecular weight is 310 g/mol. The molecule has 20 heavy (non-hydrogen) atoms. The van der Waals surface area contributed by atoms with Gasteiger partial charge in [0.1, 0.15) is 4.90 Å². The molecule has 108 valence electrons. The third-order valence-corrected chi connectivity index (χ3v) is 5.81. The fourth-order valence-corrected chi connectivity index (χ4v) is 4.34. The minimum Gasteiger partial charge on any atom is -0.398 e. The molecule has 0 spiro atoms. The van der Waals surface area contributed by atoms with Crippen LogP contribution in [0, 0.1) is 20.8 Å². The molecule has 0 atom stereocenters. The quantitative estimate of drug-likeness (QED) is 0.853. The third-order valence-electron chi connectivity index (χ3n) is 3.21. The van der Waals surface area contributed by atoms with Crippen LogP contribution in [0.5, 0.6) is 0 Å². The number of rotatable bonds is 4. The number of hydrogen-bond acceptors (Lipinski definition) is 4. The van der Waals surface area contributed by atoms with Gasteiger partial charge in [-0.1, -0.05) is 6.07 Å². The van der Waals surface area contributed by atoms with Gasteiger partial charge in [0.2, 0.25) is 10.0 Å². The number of anilines is 1. The van der Waals surface area contributed by atoms with E-state index in [9.17, 15) is 8.42 Å². The number of thiophene rings is 1. The van der Waals surface area contributed by atoms with Crippen molar-refractivity contribution in [3.8, 4) is 0 Å². The van der Waals surface area contributed by atoms with Crippen molar-refractivity contribution in [1.82, 2.24) is 4.72 Å². The van der Waals surface area contributed by atoms with Gasteiger partial charge in [-0.05, 0) is 50.1 Å². The summed E-state index contributed by atoms with van der Waals surface area (Å²) < 4.78 is 27.5. The van der Waals surface area contributed by atoms with Gasteiger partial charge in [0.05, 0.1) is 5.69 Å². The highest BCUT2D eigenvalue weighted by atomic mass is 32.2. The molecule has 0 amide bonds. The van der Waals surface area contributed by atoms with E-state index in [0.717, 1.165) is 15.3 Å². The summed E-state index contributed by atoms with van der Waals surface area (Å²) in [4.78, 5) is 2.33. The van der Waals surface area contributed by atoms with E-state index in [1.54, 1.807) is 24.3 Å². The van der Waals surface area contributed by atoms with Crippen molar-refractivity contribution in [1.29, 1.82) is 0 Å². The van der Waals surface area contributed by atoms with Crippen molar-refractivity contribution in [2.75, 3.05) is 5.73 Å². The number of benzene rings is 1. The Morgan fingerprint density at radius 1 is 1.15 bits per heavy atom. The summed E-state index contributed by atoms with van der Waals surface area (Å²) in [6.45, 7) is 5.92. The van der Waals surface area contributed by atoms with E-state index in [1.807, 2.05) is 32.0 Å². The Kier molecular flexibility index (Phi) is 4.17. The normalized spacial score (nSPS) is 11.8. The SMILES string of the molecule is Cc1ccc(CNS(=O)(=O)c2c(N)ccc(C)c2C)s1. The van der Waals surface area contributed by atoms with Gasteiger partial charge in [-0.25, -0.2) is 13.1 Å². The number of nitrogens with two attached hydrogens (primary N) is 1. The Morgan fingerprint density at radius 3 is 2.45 bits per heavy atom. The summed E-state index contributed by atoms with van der Waals surface area (Å²) in [5, 5.41) is 0. The zero-order valence-corrected chi connectivity index (χ0v) is 13.4. The number of sulfonamides is 1. The lowest BCUT2D eigenvalue weighted by Gasteiger charge is -2.13. The number of hydrogen-bond donors (Lipinski definition) is 2. The van der Waals surface area contributed by atoms with Crippen molar-refractivity contribution in [3.05, 3.63) is 45.1 Å². The monoisotopic (exact) mass is 310 g/mol. The zero-order chi connectivity index (χ0) is 14.9. The lowest BCUT2D eigenvalue weighted by Crippen LogP contribution is -2.24. The predicted octanol–water partition coefficient (Wildman–Crippen LogP) is 2.73. The highest BCUT2D eigenvalue weighted by Gasteiger charge is 2.21. The topological polar surface area (TPSA) is 72.2 Å². The van der Waals surface area contributed by atoms with Crippen LogP contribution in [0.25, 0.3) is 0 Å². The van der Waals surface area contributed by atoms with Gasteiger partial charge < -0.3 is 5.73 Å². The fourth-order valence-electron chi connectivity index (χ4n) is 1.99. The molecule has 0 unspecified atom stereocenters. The Labute approximate surface area is 123 Å². The largest absolute Gasteiger partial charge is 0.398 e. The molecule has 2 aromatic rings. The molecular formula is C14H18N2O2S2. The highest BCUT2D eigenvalue weighted by molar-refractivity contribution is 7.89. The molecule has 2 rings (SSSR count). The number of aryl methyl sites for hydroxylation is 2. The van der Waals surface area contributed by atoms with Gasteiger partial charge in [-0.2, -0.15) is 0 Å². The Bertz CT molecular complexity index is 734. The van der Waals surface area contributed by atoms with E-state index in [1.165, 1.54) is 0 Å². The molecule has 1 aromatic carbocycles. The molecule has 6 heteroatoms. The van der Waals surface area contributed by atoms with E-state index >= 15 is 0 Å². The molecule has 0 saturated heterocycles. The first-order chi connectivity index (χ1) is 9.31. The highest BCUT2D eigenvalue weighted by Crippen LogP contribution is 2.25. The molecular weight excluding hydrogens is 292 g/mol. The van der Waals surface area contributed by atoms with Crippen LogP contribution in [0.15, 0.2) is 29.2 Å². The van der Waals surface area contributed by atoms with Crippen molar-refractivity contribution in [3.63, 3.8) is 0 Å². The molecule has 4 nitrogen and oxygen atoms in total. The standard InChI is InChI=1S/C14H18N2O2S2/c1-9-4-7-13(15)14(11(9)3)20(17,18)16-8-12-6-5-10(2)19-12/h4-7,16H,8,15H2,1-3H3. The molecule has 3 N–H and O–H groups in total. The van der Waals surface area contributed by atoms with E-state index < -0.39 is 10.0 Å². The minimum absolute atomic E-state index is 0.186. The van der Waals surface area contributed by atoms with Crippen molar-refractivity contribution in [2.24, 2.45) is 0 Å². The summed E-state index contributed by atoms with van der Waals surface area (Å²) in [7, 11) is -3.60. The van der Waals surface area contributed by atoms with Crippen molar-refractivity contribution in [2.45, 2.75) is 32.2 Å². The van der Waals surface area contributed by atoms with Crippen LogP contribution in [-0.4, -0.2) is 8.42 Å². The molecule has 0 aliphatic heterocycles. The second-order valence-electron chi connectivity index (χ2n) is 4.76. The Morgan fingerprint density at radius 2 is 1.85 bits per heavy atom. The van der Waals surface area contributed by atoms with Crippen molar-refractivity contribution >= 4 is 27.0 Å². The zero-order valence-electron chi connectivity index (χ0n) is 11.7. The summed E-state index contributed by atoms with van der Waals surface area (Å²) >= 11 is 1.58. The summed E-state index contributed by atoms with van der Waals surface area (Å²) in [5.74, 6) is 0. The molecule has 0 saturated carbocycles. The van der Waals surface area contributed by atoms with E-state index in [0.29, 0.717) is 5.56 Å². The van der Waals surface area contributed by atoms with Crippen LogP contribution in [0.4, 0.5) is 5.69 Å². The Balaban J connectivity index is 2.29. The Hall–Kier alpha value is -1.37. The maximum atomic E-state index is 12.4. The van der Waals surface area contributed by atoms with Gasteiger partial charge >= 0.3 is 0 Å². The smallest absolute Gasteiger partial charge is 0.243 e. The molecule has 0 radical (unpaired) electrons. The maximum Gasteiger partial charge on any atom is 0.243 e. The predicted molar refractivity (Wildman–Crippen MR) is 83.4 cm³/mol. The first-order valence-corrected chi connectivity index (χ1v) is 8.52. The second kappa shape index (κ2) is 5.55. The van der Waals surface area contributed by atoms with Gasteiger partial charge in [0.25, 0.3) is 0 Å². The molecule has 0 aliphatic rings. The average Bonchev–Trinajstić information content (AvgIpc) is 2.78. The molecule has 0 aliphatic carbocycles. The van der Waals surface area contributed by atoms with Gasteiger partial charge in [0.15, 0.2) is 0 Å². The molecule has 0 fully saturated rings. The first kappa shape index (κ1) is 15.0. The van der Waals surface area contributed by atoms with Gasteiger partial charge in [0, 0.05) is 16.3 Å². The lowest BCUT2D eigenvalue weighted by molar-refractivity contribution is 0.581. The van der Waals surface area contributed by atoms with E-state index in [2.05, 4.69) is 4.72 Å². The van der Waals surface area contributed by atoms with Crippen LogP contribution < -0.4 is 10.5 Å². The minimum atomic E-state index is -3.60. The van der Waals surface area contributed by atoms with Crippen molar-refractivity contribution < 1.29 is 8.42 Å². The van der Waals surface area contributed by atoms with E-state index in [-0.39, 0.29) is 17.1 Å². The molecule has 1 aromatic heterocycles. The number of nitrogens with one attached hydrogen (secondary N) is 1. The fraction of sp³-hybridized carbons (Fsp3) is 0.286. The second-order valence-corrected chi connectivity index (χ2v) is 7.84. The van der Waals surface area contributed by atoms with Crippen LogP contribution in [0.1, 0.15) is 20.9 Å². The molecule has 0 bridgehead atoms. The maximum absolute atomic E-state index is 12.4. The lowest BCUT2D eigenvalue weighted by atomic mass is 10.1. The van der Waals surface area contributed by atoms with Crippen LogP contribution in [0.2, 0.25) is 0 Å².